The lowest BCUT2D eigenvalue weighted by Crippen LogP contribution is -2.11. The Kier molecular flexibility index (Phi) is 2.62. The highest BCUT2D eigenvalue weighted by molar-refractivity contribution is 6.20. The summed E-state index contributed by atoms with van der Waals surface area (Å²) in [5, 5.41) is -0.0383. The van der Waals surface area contributed by atoms with Crippen molar-refractivity contribution in [2.24, 2.45) is 5.92 Å². The molecule has 0 N–H and O–H groups in total. The molecule has 0 spiro atoms. The van der Waals surface area contributed by atoms with Gasteiger partial charge in [-0.3, -0.25) is 0 Å². The number of hydrogen-bond acceptors (Lipinski definition) is 1. The van der Waals surface area contributed by atoms with Crippen LogP contribution < -0.4 is 0 Å². The Morgan fingerprint density at radius 2 is 2.00 bits per heavy atom. The minimum Gasteiger partial charge on any atom is -0.324 e. The zero-order valence-corrected chi connectivity index (χ0v) is 11.0. The predicted octanol–water partition coefficient (Wildman–Crippen LogP) is 4.31. The van der Waals surface area contributed by atoms with Gasteiger partial charge in [0.05, 0.1) is 16.4 Å². The van der Waals surface area contributed by atoms with Crippen LogP contribution in [-0.4, -0.2) is 9.55 Å². The van der Waals surface area contributed by atoms with Crippen molar-refractivity contribution in [3.63, 3.8) is 0 Å². The van der Waals surface area contributed by atoms with Crippen LogP contribution in [0, 0.1) is 5.92 Å². The number of nitrogens with zero attached hydrogens (tertiary/aromatic N) is 2. The molecule has 1 heterocycles. The summed E-state index contributed by atoms with van der Waals surface area (Å²) >= 11 is 6.27. The number of para-hydroxylation sites is 2. The minimum absolute atomic E-state index is 0.0383. The van der Waals surface area contributed by atoms with Gasteiger partial charge in [-0.25, -0.2) is 4.98 Å². The maximum atomic E-state index is 6.27. The summed E-state index contributed by atoms with van der Waals surface area (Å²) in [4.78, 5) is 4.67. The number of fused-ring (bicyclic) bond motifs is 1. The van der Waals surface area contributed by atoms with Gasteiger partial charge in [0.2, 0.25) is 0 Å². The van der Waals surface area contributed by atoms with E-state index in [1.54, 1.807) is 0 Å². The molecule has 2 nitrogen and oxygen atoms in total. The maximum absolute atomic E-state index is 6.27. The van der Waals surface area contributed by atoms with Gasteiger partial charge in [0.25, 0.3) is 0 Å². The molecule has 1 saturated carbocycles. The first-order valence-electron chi connectivity index (χ1n) is 6.29. The van der Waals surface area contributed by atoms with Crippen molar-refractivity contribution in [1.29, 1.82) is 0 Å². The Morgan fingerprint density at radius 3 is 2.65 bits per heavy atom. The molecule has 0 amide bonds. The van der Waals surface area contributed by atoms with Gasteiger partial charge in [0, 0.05) is 6.04 Å². The molecular weight excluding hydrogens is 232 g/mol. The smallest absolute Gasteiger partial charge is 0.127 e. The summed E-state index contributed by atoms with van der Waals surface area (Å²) in [7, 11) is 0. The molecule has 1 aromatic carbocycles. The molecule has 90 valence electrons. The third-order valence-electron chi connectivity index (χ3n) is 3.69. The van der Waals surface area contributed by atoms with Crippen molar-refractivity contribution in [1.82, 2.24) is 9.55 Å². The third kappa shape index (κ3) is 1.85. The molecular formula is C14H17ClN2. The lowest BCUT2D eigenvalue weighted by Gasteiger charge is -2.18. The molecule has 1 aromatic heterocycles. The highest BCUT2D eigenvalue weighted by Crippen LogP contribution is 2.42. The van der Waals surface area contributed by atoms with E-state index in [4.69, 9.17) is 11.6 Å². The molecule has 0 radical (unpaired) electrons. The normalized spacial score (nSPS) is 19.5. The Balaban J connectivity index is 2.20. The quantitative estimate of drug-likeness (QED) is 0.741. The number of rotatable bonds is 3. The third-order valence-corrected chi connectivity index (χ3v) is 3.89. The Hall–Kier alpha value is -1.02. The maximum Gasteiger partial charge on any atom is 0.127 e. The summed E-state index contributed by atoms with van der Waals surface area (Å²) in [6.07, 6.45) is 2.67. The van der Waals surface area contributed by atoms with Crippen molar-refractivity contribution in [3.05, 3.63) is 30.1 Å². The summed E-state index contributed by atoms with van der Waals surface area (Å²) in [5.41, 5.74) is 2.27. The van der Waals surface area contributed by atoms with Crippen molar-refractivity contribution in [3.8, 4) is 0 Å². The van der Waals surface area contributed by atoms with Crippen LogP contribution in [0.2, 0.25) is 0 Å². The number of imidazole rings is 1. The number of aromatic nitrogens is 2. The van der Waals surface area contributed by atoms with Crippen molar-refractivity contribution in [2.45, 2.75) is 38.1 Å². The van der Waals surface area contributed by atoms with Crippen molar-refractivity contribution in [2.75, 3.05) is 0 Å². The van der Waals surface area contributed by atoms with Gasteiger partial charge in [-0.2, -0.15) is 0 Å². The van der Waals surface area contributed by atoms with Crippen LogP contribution >= 0.6 is 11.6 Å². The average molecular weight is 249 g/mol. The van der Waals surface area contributed by atoms with Crippen LogP contribution in [0.15, 0.2) is 24.3 Å². The highest BCUT2D eigenvalue weighted by atomic mass is 35.5. The van der Waals surface area contributed by atoms with Crippen LogP contribution in [0.4, 0.5) is 0 Å². The molecule has 3 heteroatoms. The van der Waals surface area contributed by atoms with Gasteiger partial charge < -0.3 is 4.57 Å². The first-order valence-corrected chi connectivity index (χ1v) is 6.73. The fourth-order valence-corrected chi connectivity index (χ4v) is 2.72. The molecule has 1 fully saturated rings. The van der Waals surface area contributed by atoms with Gasteiger partial charge in [0.1, 0.15) is 5.82 Å². The SMILES string of the molecule is CC(Cl)c1nc2ccccc2n1C(C)C1CC1. The molecule has 1 aliphatic carbocycles. The molecule has 2 unspecified atom stereocenters. The minimum atomic E-state index is -0.0383. The van der Waals surface area contributed by atoms with Gasteiger partial charge in [-0.05, 0) is 44.7 Å². The second-order valence-electron chi connectivity index (χ2n) is 5.02. The monoisotopic (exact) mass is 248 g/mol. The fourth-order valence-electron chi connectivity index (χ4n) is 2.56. The second-order valence-corrected chi connectivity index (χ2v) is 5.68. The van der Waals surface area contributed by atoms with E-state index in [1.807, 2.05) is 13.0 Å². The van der Waals surface area contributed by atoms with Crippen molar-refractivity contribution >= 4 is 22.6 Å². The average Bonchev–Trinajstić information content (AvgIpc) is 3.08. The largest absolute Gasteiger partial charge is 0.324 e. The molecule has 3 rings (SSSR count). The second kappa shape index (κ2) is 4.02. The Morgan fingerprint density at radius 1 is 1.29 bits per heavy atom. The van der Waals surface area contributed by atoms with E-state index in [1.165, 1.54) is 18.4 Å². The zero-order valence-electron chi connectivity index (χ0n) is 10.2. The molecule has 2 aromatic rings. The van der Waals surface area contributed by atoms with Crippen LogP contribution in [0.5, 0.6) is 0 Å². The summed E-state index contributed by atoms with van der Waals surface area (Å²) in [6, 6.07) is 8.82. The van der Waals surface area contributed by atoms with Crippen LogP contribution in [0.3, 0.4) is 0 Å². The van der Waals surface area contributed by atoms with Crippen LogP contribution in [0.1, 0.15) is 43.9 Å². The Bertz CT molecular complexity index is 540. The fraction of sp³-hybridized carbons (Fsp3) is 0.500. The molecule has 2 atom stereocenters. The molecule has 1 aliphatic rings. The topological polar surface area (TPSA) is 17.8 Å². The summed E-state index contributed by atoms with van der Waals surface area (Å²) in [6.45, 7) is 4.29. The zero-order chi connectivity index (χ0) is 12.0. The predicted molar refractivity (Wildman–Crippen MR) is 71.4 cm³/mol. The van der Waals surface area contributed by atoms with E-state index in [-0.39, 0.29) is 5.38 Å². The molecule has 0 saturated heterocycles. The summed E-state index contributed by atoms with van der Waals surface area (Å²) in [5.74, 6) is 1.81. The molecule has 17 heavy (non-hydrogen) atoms. The first kappa shape index (κ1) is 11.1. The van der Waals surface area contributed by atoms with E-state index in [9.17, 15) is 0 Å². The van der Waals surface area contributed by atoms with Gasteiger partial charge in [0.15, 0.2) is 0 Å². The van der Waals surface area contributed by atoms with Crippen LogP contribution in [-0.2, 0) is 0 Å². The van der Waals surface area contributed by atoms with E-state index >= 15 is 0 Å². The molecule has 0 bridgehead atoms. The lowest BCUT2D eigenvalue weighted by molar-refractivity contribution is 0.480. The van der Waals surface area contributed by atoms with Gasteiger partial charge in [-0.1, -0.05) is 12.1 Å². The van der Waals surface area contributed by atoms with Gasteiger partial charge in [-0.15, -0.1) is 11.6 Å². The first-order chi connectivity index (χ1) is 8.18. The van der Waals surface area contributed by atoms with E-state index in [2.05, 4.69) is 34.7 Å². The van der Waals surface area contributed by atoms with E-state index in [0.29, 0.717) is 6.04 Å². The standard InChI is InChI=1S/C14H17ClN2/c1-9(15)14-16-12-5-3-4-6-13(12)17(14)10(2)11-7-8-11/h3-6,9-11H,7-8H2,1-2H3. The lowest BCUT2D eigenvalue weighted by atomic mass is 10.2. The number of halogens is 1. The molecule has 0 aliphatic heterocycles. The number of benzene rings is 1. The van der Waals surface area contributed by atoms with Crippen LogP contribution in [0.25, 0.3) is 11.0 Å². The number of alkyl halides is 1. The van der Waals surface area contributed by atoms with E-state index in [0.717, 1.165) is 17.3 Å². The van der Waals surface area contributed by atoms with Crippen molar-refractivity contribution < 1.29 is 0 Å². The highest BCUT2D eigenvalue weighted by Gasteiger charge is 2.32. The number of hydrogen-bond donors (Lipinski definition) is 0. The van der Waals surface area contributed by atoms with E-state index < -0.39 is 0 Å². The Labute approximate surface area is 107 Å². The summed E-state index contributed by atoms with van der Waals surface area (Å²) < 4.78 is 2.34. The van der Waals surface area contributed by atoms with Gasteiger partial charge >= 0.3 is 0 Å².